The number of pyridine rings is 1. The van der Waals surface area contributed by atoms with Crippen LogP contribution in [0.4, 0.5) is 0 Å². The van der Waals surface area contributed by atoms with Crippen LogP contribution >= 0.6 is 0 Å². The zero-order valence-corrected chi connectivity index (χ0v) is 13.2. The van der Waals surface area contributed by atoms with Gasteiger partial charge in [0.25, 0.3) is 5.56 Å². The second-order valence-corrected chi connectivity index (χ2v) is 5.63. The van der Waals surface area contributed by atoms with Crippen LogP contribution in [0.1, 0.15) is 30.3 Å². The summed E-state index contributed by atoms with van der Waals surface area (Å²) >= 11 is 0. The smallest absolute Gasteiger partial charge is 0.293 e. The third-order valence-corrected chi connectivity index (χ3v) is 4.06. The third-order valence-electron chi connectivity index (χ3n) is 4.06. The Morgan fingerprint density at radius 2 is 2.35 bits per heavy atom. The molecule has 7 nitrogen and oxygen atoms in total. The number of hydrogen-bond donors (Lipinski definition) is 0. The van der Waals surface area contributed by atoms with Gasteiger partial charge in [-0.15, -0.1) is 0 Å². The number of carbonyl (C=O) groups excluding carboxylic acids is 1. The topological polar surface area (TPSA) is 77.6 Å². The maximum Gasteiger partial charge on any atom is 0.293 e. The van der Waals surface area contributed by atoms with Gasteiger partial charge >= 0.3 is 0 Å². The van der Waals surface area contributed by atoms with Gasteiger partial charge in [-0.1, -0.05) is 5.16 Å². The lowest BCUT2D eigenvalue weighted by molar-refractivity contribution is -0.133. The average Bonchev–Trinajstić information content (AvgIpc) is 3.17. The molecule has 3 heterocycles. The number of amides is 1. The van der Waals surface area contributed by atoms with Crippen molar-refractivity contribution < 1.29 is 14.1 Å². The van der Waals surface area contributed by atoms with Crippen LogP contribution < -0.4 is 10.3 Å². The Balaban J connectivity index is 1.79. The van der Waals surface area contributed by atoms with Gasteiger partial charge in [-0.3, -0.25) is 9.59 Å². The first kappa shape index (κ1) is 15.3. The number of carbonyl (C=O) groups is 1. The summed E-state index contributed by atoms with van der Waals surface area (Å²) in [7, 11) is 1.44. The minimum absolute atomic E-state index is 0.0142. The predicted molar refractivity (Wildman–Crippen MR) is 82.2 cm³/mol. The van der Waals surface area contributed by atoms with Gasteiger partial charge in [0.15, 0.2) is 11.5 Å². The Kier molecular flexibility index (Phi) is 4.18. The minimum Gasteiger partial charge on any atom is -0.491 e. The maximum absolute atomic E-state index is 12.6. The Bertz CT molecular complexity index is 765. The fourth-order valence-electron chi connectivity index (χ4n) is 2.93. The molecule has 0 spiro atoms. The van der Waals surface area contributed by atoms with E-state index in [2.05, 4.69) is 5.16 Å². The molecule has 0 aromatic carbocycles. The monoisotopic (exact) mass is 317 g/mol. The molecule has 1 atom stereocenters. The molecule has 0 saturated carbocycles. The first-order valence-corrected chi connectivity index (χ1v) is 7.56. The maximum atomic E-state index is 12.6. The highest BCUT2D eigenvalue weighted by molar-refractivity contribution is 5.76. The molecule has 1 fully saturated rings. The quantitative estimate of drug-likeness (QED) is 0.854. The standard InChI is InChI=1S/C16H19N3O4/c1-11-9-14(23-17-11)12-5-3-8-19(12)15(20)10-18-7-4-6-13(22-2)16(18)21/h4,6-7,9,12H,3,5,8,10H2,1-2H3/t12-/m0/s1. The molecule has 1 saturated heterocycles. The van der Waals surface area contributed by atoms with Crippen LogP contribution in [0.25, 0.3) is 0 Å². The Morgan fingerprint density at radius 3 is 3.04 bits per heavy atom. The van der Waals surface area contributed by atoms with Gasteiger partial charge in [-0.05, 0) is 31.9 Å². The highest BCUT2D eigenvalue weighted by Gasteiger charge is 2.32. The lowest BCUT2D eigenvalue weighted by Gasteiger charge is -2.23. The Hall–Kier alpha value is -2.57. The fraction of sp³-hybridized carbons (Fsp3) is 0.438. The molecule has 0 unspecified atom stereocenters. The van der Waals surface area contributed by atoms with Crippen LogP contribution in [-0.2, 0) is 11.3 Å². The van der Waals surface area contributed by atoms with Crippen LogP contribution in [-0.4, -0.2) is 34.2 Å². The molecule has 0 N–H and O–H groups in total. The zero-order chi connectivity index (χ0) is 16.4. The van der Waals surface area contributed by atoms with Gasteiger partial charge in [0, 0.05) is 18.8 Å². The molecule has 122 valence electrons. The lowest BCUT2D eigenvalue weighted by atomic mass is 10.1. The van der Waals surface area contributed by atoms with Crippen molar-refractivity contribution in [2.24, 2.45) is 0 Å². The van der Waals surface area contributed by atoms with Crippen molar-refractivity contribution >= 4 is 5.91 Å². The highest BCUT2D eigenvalue weighted by Crippen LogP contribution is 2.32. The minimum atomic E-state index is -0.311. The van der Waals surface area contributed by atoms with Crippen molar-refractivity contribution in [3.63, 3.8) is 0 Å². The normalized spacial score (nSPS) is 17.5. The number of likely N-dealkylation sites (tertiary alicyclic amines) is 1. The van der Waals surface area contributed by atoms with Crippen LogP contribution in [0.3, 0.4) is 0 Å². The molecule has 1 aliphatic heterocycles. The molecule has 2 aromatic heterocycles. The largest absolute Gasteiger partial charge is 0.491 e. The van der Waals surface area contributed by atoms with E-state index in [1.54, 1.807) is 23.2 Å². The van der Waals surface area contributed by atoms with Crippen LogP contribution in [0, 0.1) is 6.92 Å². The van der Waals surface area contributed by atoms with E-state index >= 15 is 0 Å². The summed E-state index contributed by atoms with van der Waals surface area (Å²) in [6.45, 7) is 2.49. The van der Waals surface area contributed by atoms with Crippen molar-refractivity contribution in [3.8, 4) is 5.75 Å². The molecule has 0 aliphatic carbocycles. The van der Waals surface area contributed by atoms with Crippen LogP contribution in [0.5, 0.6) is 5.75 Å². The Labute approximate surface area is 133 Å². The lowest BCUT2D eigenvalue weighted by Crippen LogP contribution is -2.36. The number of nitrogens with zero attached hydrogens (tertiary/aromatic N) is 3. The second kappa shape index (κ2) is 6.28. The number of ether oxygens (including phenoxy) is 1. The van der Waals surface area contributed by atoms with Crippen molar-refractivity contribution in [2.45, 2.75) is 32.4 Å². The average molecular weight is 317 g/mol. The number of aryl methyl sites for hydroxylation is 1. The molecule has 23 heavy (non-hydrogen) atoms. The van der Waals surface area contributed by atoms with E-state index in [-0.39, 0.29) is 29.8 Å². The van der Waals surface area contributed by atoms with Crippen LogP contribution in [0.15, 0.2) is 33.7 Å². The second-order valence-electron chi connectivity index (χ2n) is 5.63. The molecule has 0 radical (unpaired) electrons. The van der Waals surface area contributed by atoms with Crippen molar-refractivity contribution in [1.29, 1.82) is 0 Å². The number of methoxy groups -OCH3 is 1. The molecular weight excluding hydrogens is 298 g/mol. The van der Waals surface area contributed by atoms with Gasteiger partial charge < -0.3 is 18.7 Å². The molecule has 7 heteroatoms. The number of aromatic nitrogens is 2. The summed E-state index contributed by atoms with van der Waals surface area (Å²) in [5.41, 5.74) is 0.484. The van der Waals surface area contributed by atoms with Gasteiger partial charge in [0.1, 0.15) is 6.54 Å². The van der Waals surface area contributed by atoms with Gasteiger partial charge in [0.05, 0.1) is 18.8 Å². The fourth-order valence-corrected chi connectivity index (χ4v) is 2.93. The summed E-state index contributed by atoms with van der Waals surface area (Å²) in [6.07, 6.45) is 3.34. The van der Waals surface area contributed by atoms with Crippen molar-refractivity contribution in [2.75, 3.05) is 13.7 Å². The molecular formula is C16H19N3O4. The summed E-state index contributed by atoms with van der Waals surface area (Å²) < 4.78 is 11.7. The zero-order valence-electron chi connectivity index (χ0n) is 13.2. The van der Waals surface area contributed by atoms with E-state index < -0.39 is 0 Å². The molecule has 3 rings (SSSR count). The summed E-state index contributed by atoms with van der Waals surface area (Å²) in [5.74, 6) is 0.812. The van der Waals surface area contributed by atoms with E-state index in [0.29, 0.717) is 12.3 Å². The van der Waals surface area contributed by atoms with E-state index in [4.69, 9.17) is 9.26 Å². The first-order valence-electron chi connectivity index (χ1n) is 7.56. The third kappa shape index (κ3) is 2.99. The summed E-state index contributed by atoms with van der Waals surface area (Å²) in [4.78, 5) is 26.5. The SMILES string of the molecule is COc1cccn(CC(=O)N2CCC[C@H]2c2cc(C)no2)c1=O. The van der Waals surface area contributed by atoms with E-state index in [1.807, 2.05) is 13.0 Å². The van der Waals surface area contributed by atoms with Crippen molar-refractivity contribution in [1.82, 2.24) is 14.6 Å². The number of rotatable bonds is 4. The van der Waals surface area contributed by atoms with E-state index in [9.17, 15) is 9.59 Å². The van der Waals surface area contributed by atoms with E-state index in [1.165, 1.54) is 11.7 Å². The molecule has 1 aliphatic rings. The van der Waals surface area contributed by atoms with E-state index in [0.717, 1.165) is 18.5 Å². The predicted octanol–water partition coefficient (Wildman–Crippen LogP) is 1.52. The highest BCUT2D eigenvalue weighted by atomic mass is 16.5. The summed E-state index contributed by atoms with van der Waals surface area (Å²) in [6, 6.07) is 5.02. The van der Waals surface area contributed by atoms with Gasteiger partial charge in [-0.2, -0.15) is 0 Å². The molecule has 0 bridgehead atoms. The Morgan fingerprint density at radius 1 is 1.52 bits per heavy atom. The first-order chi connectivity index (χ1) is 11.1. The molecule has 2 aromatic rings. The van der Waals surface area contributed by atoms with Gasteiger partial charge in [0.2, 0.25) is 5.91 Å². The number of hydrogen-bond acceptors (Lipinski definition) is 5. The van der Waals surface area contributed by atoms with Crippen LogP contribution in [0.2, 0.25) is 0 Å². The summed E-state index contributed by atoms with van der Waals surface area (Å²) in [5, 5.41) is 3.89. The van der Waals surface area contributed by atoms with Gasteiger partial charge in [-0.25, -0.2) is 0 Å². The molecule has 1 amide bonds. The van der Waals surface area contributed by atoms with Crippen molar-refractivity contribution in [3.05, 3.63) is 46.2 Å².